The van der Waals surface area contributed by atoms with E-state index in [0.717, 1.165) is 23.1 Å². The van der Waals surface area contributed by atoms with Crippen molar-refractivity contribution >= 4 is 29.0 Å². The fourth-order valence-electron chi connectivity index (χ4n) is 2.64. The van der Waals surface area contributed by atoms with Gasteiger partial charge in [-0.05, 0) is 32.8 Å². The number of aryl methyl sites for hydroxylation is 1. The van der Waals surface area contributed by atoms with Crippen LogP contribution in [0.4, 0.5) is 11.4 Å². The zero-order valence-corrected chi connectivity index (χ0v) is 17.8. The molecule has 2 aromatic rings. The van der Waals surface area contributed by atoms with Gasteiger partial charge in [0.05, 0.1) is 34.7 Å². The number of non-ortho nitro benzene ring substituents is 1. The van der Waals surface area contributed by atoms with Crippen molar-refractivity contribution in [2.45, 2.75) is 51.6 Å². The predicted octanol–water partition coefficient (Wildman–Crippen LogP) is 4.19. The van der Waals surface area contributed by atoms with Gasteiger partial charge in [-0.1, -0.05) is 25.6 Å². The second-order valence-electron chi connectivity index (χ2n) is 6.96. The van der Waals surface area contributed by atoms with Gasteiger partial charge in [0.2, 0.25) is 5.91 Å². The molecule has 28 heavy (non-hydrogen) atoms. The van der Waals surface area contributed by atoms with Gasteiger partial charge in [0.15, 0.2) is 5.16 Å². The molecular weight excluding hydrogens is 380 g/mol. The number of thioether (sulfide) groups is 1. The molecule has 2 rings (SSSR count). The van der Waals surface area contributed by atoms with Gasteiger partial charge in [-0.15, -0.1) is 0 Å². The number of benzene rings is 1. The summed E-state index contributed by atoms with van der Waals surface area (Å²) >= 11 is 1.39. The number of carbonyl (C=O) groups is 1. The van der Waals surface area contributed by atoms with Crippen molar-refractivity contribution in [3.8, 4) is 5.75 Å². The summed E-state index contributed by atoms with van der Waals surface area (Å²) in [6.07, 6.45) is 0. The van der Waals surface area contributed by atoms with Crippen LogP contribution in [0.5, 0.6) is 5.75 Å². The van der Waals surface area contributed by atoms with Crippen LogP contribution in [0, 0.1) is 29.9 Å². The number of carbonyl (C=O) groups excluding carboxylic acids is 1. The van der Waals surface area contributed by atoms with E-state index >= 15 is 0 Å². The molecule has 8 nitrogen and oxygen atoms in total. The van der Waals surface area contributed by atoms with Gasteiger partial charge in [-0.3, -0.25) is 14.9 Å². The van der Waals surface area contributed by atoms with Crippen LogP contribution >= 0.6 is 11.8 Å². The van der Waals surface area contributed by atoms with Crippen LogP contribution in [0.15, 0.2) is 23.4 Å². The summed E-state index contributed by atoms with van der Waals surface area (Å²) in [5.74, 6) is 0.472. The number of nitro groups is 1. The van der Waals surface area contributed by atoms with Gasteiger partial charge in [0, 0.05) is 18.3 Å². The highest BCUT2D eigenvalue weighted by atomic mass is 32.2. The number of nitro benzene ring substituents is 1. The summed E-state index contributed by atoms with van der Waals surface area (Å²) in [6.45, 7) is 10.9. The van der Waals surface area contributed by atoms with Gasteiger partial charge in [0.1, 0.15) is 5.75 Å². The minimum atomic E-state index is -0.508. The molecule has 1 aromatic heterocycles. The molecule has 1 heterocycles. The summed E-state index contributed by atoms with van der Waals surface area (Å²) in [6, 6.07) is 4.09. The molecule has 152 valence electrons. The minimum Gasteiger partial charge on any atom is -0.494 e. The van der Waals surface area contributed by atoms with E-state index in [2.05, 4.69) is 28.7 Å². The lowest BCUT2D eigenvalue weighted by atomic mass is 10.2. The summed E-state index contributed by atoms with van der Waals surface area (Å²) in [7, 11) is 1.40. The Morgan fingerprint density at radius 2 is 2.04 bits per heavy atom. The number of anilines is 1. The van der Waals surface area contributed by atoms with Gasteiger partial charge >= 0.3 is 0 Å². The largest absolute Gasteiger partial charge is 0.494 e. The molecule has 0 aliphatic rings. The Balaban J connectivity index is 2.16. The van der Waals surface area contributed by atoms with Crippen molar-refractivity contribution in [1.82, 2.24) is 9.55 Å². The highest BCUT2D eigenvalue weighted by molar-refractivity contribution is 8.00. The maximum atomic E-state index is 12.7. The van der Waals surface area contributed by atoms with Crippen LogP contribution < -0.4 is 10.1 Å². The summed E-state index contributed by atoms with van der Waals surface area (Å²) in [5, 5.41) is 14.1. The number of rotatable bonds is 8. The zero-order valence-electron chi connectivity index (χ0n) is 17.0. The van der Waals surface area contributed by atoms with E-state index in [1.54, 1.807) is 6.92 Å². The van der Waals surface area contributed by atoms with E-state index in [4.69, 9.17) is 4.74 Å². The molecule has 1 aromatic carbocycles. The Morgan fingerprint density at radius 1 is 1.36 bits per heavy atom. The molecule has 1 amide bonds. The topological polar surface area (TPSA) is 99.3 Å². The quantitative estimate of drug-likeness (QED) is 0.401. The van der Waals surface area contributed by atoms with E-state index in [1.807, 2.05) is 13.8 Å². The molecule has 0 unspecified atom stereocenters. The van der Waals surface area contributed by atoms with Crippen molar-refractivity contribution < 1.29 is 14.5 Å². The van der Waals surface area contributed by atoms with E-state index in [0.29, 0.717) is 11.6 Å². The smallest absolute Gasteiger partial charge is 0.273 e. The number of hydrogen-bond donors (Lipinski definition) is 1. The lowest BCUT2D eigenvalue weighted by Gasteiger charge is -2.16. The number of aromatic nitrogens is 2. The Kier molecular flexibility index (Phi) is 7.06. The number of imidazole rings is 1. The third kappa shape index (κ3) is 5.03. The summed E-state index contributed by atoms with van der Waals surface area (Å²) in [5.41, 5.74) is 2.34. The van der Waals surface area contributed by atoms with Crippen LogP contribution in [0.25, 0.3) is 0 Å². The first-order chi connectivity index (χ1) is 13.1. The van der Waals surface area contributed by atoms with Crippen LogP contribution in [-0.2, 0) is 11.3 Å². The highest BCUT2D eigenvalue weighted by Crippen LogP contribution is 2.31. The van der Waals surface area contributed by atoms with E-state index < -0.39 is 10.2 Å². The maximum Gasteiger partial charge on any atom is 0.273 e. The first kappa shape index (κ1) is 21.7. The highest BCUT2D eigenvalue weighted by Gasteiger charge is 2.22. The Labute approximate surface area is 168 Å². The average Bonchev–Trinajstić information content (AvgIpc) is 2.88. The predicted molar refractivity (Wildman–Crippen MR) is 110 cm³/mol. The van der Waals surface area contributed by atoms with Crippen LogP contribution in [0.3, 0.4) is 0 Å². The zero-order chi connectivity index (χ0) is 21.0. The molecule has 0 aliphatic carbocycles. The first-order valence-corrected chi connectivity index (χ1v) is 9.85. The van der Waals surface area contributed by atoms with Crippen LogP contribution in [-0.4, -0.2) is 32.7 Å². The lowest BCUT2D eigenvalue weighted by Crippen LogP contribution is -2.23. The minimum absolute atomic E-state index is 0.0982. The van der Waals surface area contributed by atoms with Crippen molar-refractivity contribution in [3.63, 3.8) is 0 Å². The second kappa shape index (κ2) is 9.09. The van der Waals surface area contributed by atoms with E-state index in [-0.39, 0.29) is 17.3 Å². The molecular formula is C19H26N4O4S. The number of methoxy groups -OCH3 is 1. The normalized spacial score (nSPS) is 12.1. The van der Waals surface area contributed by atoms with Gasteiger partial charge in [-0.25, -0.2) is 4.98 Å². The molecule has 0 aliphatic heterocycles. The maximum absolute atomic E-state index is 12.7. The Bertz CT molecular complexity index is 879. The van der Waals surface area contributed by atoms with Crippen molar-refractivity contribution in [1.29, 1.82) is 0 Å². The number of nitrogens with one attached hydrogen (secondary N) is 1. The van der Waals surface area contributed by atoms with Gasteiger partial charge in [-0.2, -0.15) is 0 Å². The second-order valence-corrected chi connectivity index (χ2v) is 8.27. The molecule has 0 saturated carbocycles. The van der Waals surface area contributed by atoms with Crippen LogP contribution in [0.1, 0.15) is 32.2 Å². The van der Waals surface area contributed by atoms with Crippen molar-refractivity contribution in [2.24, 2.45) is 5.92 Å². The summed E-state index contributed by atoms with van der Waals surface area (Å²) in [4.78, 5) is 27.7. The fraction of sp³-hybridized carbons (Fsp3) is 0.474. The summed E-state index contributed by atoms with van der Waals surface area (Å²) < 4.78 is 7.31. The average molecular weight is 407 g/mol. The number of amides is 1. The number of nitrogens with zero attached hydrogens (tertiary/aromatic N) is 3. The van der Waals surface area contributed by atoms with E-state index in [9.17, 15) is 14.9 Å². The third-order valence-electron chi connectivity index (χ3n) is 4.28. The Hall–Kier alpha value is -2.55. The Morgan fingerprint density at radius 3 is 2.61 bits per heavy atom. The molecule has 0 spiro atoms. The molecule has 0 radical (unpaired) electrons. The van der Waals surface area contributed by atoms with Gasteiger partial charge < -0.3 is 14.6 Å². The molecule has 0 saturated heterocycles. The molecule has 0 fully saturated rings. The molecule has 1 N–H and O–H groups in total. The first-order valence-electron chi connectivity index (χ1n) is 8.97. The standard InChI is InChI=1S/C19H26N4O4S/c1-11(2)10-22-13(4)12(3)20-19(22)28-14(5)18(24)21-16-8-7-15(23(25)26)9-17(16)27-6/h7-9,11,14H,10H2,1-6H3,(H,21,24)/t14-/m0/s1. The van der Waals surface area contributed by atoms with Crippen molar-refractivity contribution in [2.75, 3.05) is 12.4 Å². The number of hydrogen-bond acceptors (Lipinski definition) is 6. The molecule has 9 heteroatoms. The molecule has 0 bridgehead atoms. The van der Waals surface area contributed by atoms with Crippen molar-refractivity contribution in [3.05, 3.63) is 39.7 Å². The monoisotopic (exact) mass is 406 g/mol. The fourth-order valence-corrected chi connectivity index (χ4v) is 3.65. The lowest BCUT2D eigenvalue weighted by molar-refractivity contribution is -0.384. The van der Waals surface area contributed by atoms with Crippen LogP contribution in [0.2, 0.25) is 0 Å². The third-order valence-corrected chi connectivity index (χ3v) is 5.37. The molecule has 1 atom stereocenters. The number of ether oxygens (including phenoxy) is 1. The SMILES string of the molecule is COc1cc([N+](=O)[O-])ccc1NC(=O)[C@H](C)Sc1nc(C)c(C)n1CC(C)C. The van der Waals surface area contributed by atoms with E-state index in [1.165, 1.54) is 37.1 Å². The van der Waals surface area contributed by atoms with Gasteiger partial charge in [0.25, 0.3) is 5.69 Å².